The minimum absolute atomic E-state index is 0.0125. The molecule has 5 heteroatoms. The van der Waals surface area contributed by atoms with Crippen molar-refractivity contribution in [2.75, 3.05) is 13.1 Å². The molecule has 0 aliphatic rings. The normalized spacial score (nSPS) is 11.7. The van der Waals surface area contributed by atoms with E-state index in [1.165, 1.54) is 0 Å². The molecule has 1 aromatic rings. The van der Waals surface area contributed by atoms with Gasteiger partial charge in [-0.1, -0.05) is 37.3 Å². The summed E-state index contributed by atoms with van der Waals surface area (Å²) in [6.45, 7) is 2.90. The molecule has 0 saturated heterocycles. The summed E-state index contributed by atoms with van der Waals surface area (Å²) in [4.78, 5) is 23.3. The van der Waals surface area contributed by atoms with Gasteiger partial charge in [0, 0.05) is 12.5 Å². The Kier molecular flexibility index (Phi) is 7.35. The highest BCUT2D eigenvalue weighted by Crippen LogP contribution is 2.04. The molecule has 0 aliphatic heterocycles. The lowest BCUT2D eigenvalue weighted by Gasteiger charge is -2.11. The summed E-state index contributed by atoms with van der Waals surface area (Å²) in [5.74, 6) is -0.401. The topological polar surface area (TPSA) is 84.2 Å². The molecule has 0 aromatic heterocycles. The Labute approximate surface area is 119 Å². The second-order valence-electron chi connectivity index (χ2n) is 4.81. The van der Waals surface area contributed by atoms with Gasteiger partial charge in [-0.2, -0.15) is 0 Å². The summed E-state index contributed by atoms with van der Waals surface area (Å²) >= 11 is 0. The fourth-order valence-corrected chi connectivity index (χ4v) is 1.76. The van der Waals surface area contributed by atoms with Crippen molar-refractivity contribution in [2.45, 2.75) is 26.3 Å². The Morgan fingerprint density at radius 3 is 2.55 bits per heavy atom. The van der Waals surface area contributed by atoms with Gasteiger partial charge in [-0.25, -0.2) is 0 Å². The van der Waals surface area contributed by atoms with Gasteiger partial charge in [-0.05, 0) is 24.9 Å². The van der Waals surface area contributed by atoms with Crippen LogP contribution >= 0.6 is 0 Å². The highest BCUT2D eigenvalue weighted by atomic mass is 16.2. The maximum absolute atomic E-state index is 11.7. The number of carbonyl (C=O) groups is 2. The molecule has 110 valence electrons. The summed E-state index contributed by atoms with van der Waals surface area (Å²) in [7, 11) is 0. The Hall–Kier alpha value is -1.88. The molecule has 0 fully saturated rings. The van der Waals surface area contributed by atoms with E-state index in [0.29, 0.717) is 13.1 Å². The number of amides is 2. The van der Waals surface area contributed by atoms with Crippen molar-refractivity contribution >= 4 is 11.8 Å². The zero-order valence-corrected chi connectivity index (χ0v) is 11.9. The predicted octanol–water partition coefficient (Wildman–Crippen LogP) is 0.794. The lowest BCUT2D eigenvalue weighted by atomic mass is 10.1. The summed E-state index contributed by atoms with van der Waals surface area (Å²) < 4.78 is 0. The lowest BCUT2D eigenvalue weighted by Crippen LogP contribution is -2.38. The summed E-state index contributed by atoms with van der Waals surface area (Å²) in [5.41, 5.74) is 6.43. The van der Waals surface area contributed by atoms with E-state index < -0.39 is 0 Å². The molecule has 20 heavy (non-hydrogen) atoms. The molecular formula is C15H23N3O2. The van der Waals surface area contributed by atoms with E-state index in [9.17, 15) is 9.59 Å². The van der Waals surface area contributed by atoms with Crippen LogP contribution in [0.1, 0.15) is 25.3 Å². The van der Waals surface area contributed by atoms with Crippen molar-refractivity contribution in [1.82, 2.24) is 10.6 Å². The Bertz CT molecular complexity index is 420. The third-order valence-corrected chi connectivity index (χ3v) is 3.04. The summed E-state index contributed by atoms with van der Waals surface area (Å²) in [6.07, 6.45) is 1.56. The van der Waals surface area contributed by atoms with Gasteiger partial charge in [0.25, 0.3) is 0 Å². The maximum atomic E-state index is 11.7. The monoisotopic (exact) mass is 277 g/mol. The van der Waals surface area contributed by atoms with Crippen LogP contribution in [0.4, 0.5) is 0 Å². The number of rotatable bonds is 8. The SMILES string of the molecule is CC(CCCN)C(=O)NCC(=O)NCc1ccccc1. The van der Waals surface area contributed by atoms with Gasteiger partial charge in [-0.15, -0.1) is 0 Å². The van der Waals surface area contributed by atoms with Crippen LogP contribution in [0.25, 0.3) is 0 Å². The molecule has 0 saturated carbocycles. The van der Waals surface area contributed by atoms with Crippen molar-refractivity contribution in [3.05, 3.63) is 35.9 Å². The summed E-state index contributed by atoms with van der Waals surface area (Å²) in [6, 6.07) is 9.64. The minimum Gasteiger partial charge on any atom is -0.350 e. The van der Waals surface area contributed by atoms with Crippen molar-refractivity contribution in [3.8, 4) is 0 Å². The minimum atomic E-state index is -0.187. The van der Waals surface area contributed by atoms with E-state index >= 15 is 0 Å². The van der Waals surface area contributed by atoms with Crippen LogP contribution in [0.3, 0.4) is 0 Å². The molecule has 4 N–H and O–H groups in total. The number of hydrogen-bond donors (Lipinski definition) is 3. The Morgan fingerprint density at radius 1 is 1.20 bits per heavy atom. The zero-order valence-electron chi connectivity index (χ0n) is 11.9. The van der Waals surface area contributed by atoms with E-state index in [1.54, 1.807) is 0 Å². The van der Waals surface area contributed by atoms with Crippen LogP contribution < -0.4 is 16.4 Å². The fraction of sp³-hybridized carbons (Fsp3) is 0.467. The van der Waals surface area contributed by atoms with E-state index in [1.807, 2.05) is 37.3 Å². The number of carbonyl (C=O) groups excluding carboxylic acids is 2. The highest BCUT2D eigenvalue weighted by Gasteiger charge is 2.12. The van der Waals surface area contributed by atoms with Gasteiger partial charge in [-0.3, -0.25) is 9.59 Å². The van der Waals surface area contributed by atoms with Crippen molar-refractivity contribution in [3.63, 3.8) is 0 Å². The molecule has 0 heterocycles. The van der Waals surface area contributed by atoms with Gasteiger partial charge in [0.2, 0.25) is 11.8 Å². The number of nitrogens with two attached hydrogens (primary N) is 1. The molecule has 0 radical (unpaired) electrons. The number of hydrogen-bond acceptors (Lipinski definition) is 3. The molecule has 1 rings (SSSR count). The van der Waals surface area contributed by atoms with Gasteiger partial charge in [0.15, 0.2) is 0 Å². The molecule has 0 spiro atoms. The van der Waals surface area contributed by atoms with Gasteiger partial charge in [0.1, 0.15) is 0 Å². The third kappa shape index (κ3) is 6.33. The molecule has 1 unspecified atom stereocenters. The van der Waals surface area contributed by atoms with Crippen LogP contribution in [-0.2, 0) is 16.1 Å². The van der Waals surface area contributed by atoms with Crippen LogP contribution in [-0.4, -0.2) is 24.9 Å². The second-order valence-corrected chi connectivity index (χ2v) is 4.81. The second kappa shape index (κ2) is 9.09. The number of benzene rings is 1. The zero-order chi connectivity index (χ0) is 14.8. The van der Waals surface area contributed by atoms with E-state index in [4.69, 9.17) is 5.73 Å². The third-order valence-electron chi connectivity index (χ3n) is 3.04. The fourth-order valence-electron chi connectivity index (χ4n) is 1.76. The smallest absolute Gasteiger partial charge is 0.239 e. The van der Waals surface area contributed by atoms with Crippen LogP contribution in [0.15, 0.2) is 30.3 Å². The maximum Gasteiger partial charge on any atom is 0.239 e. The average Bonchev–Trinajstić information content (AvgIpc) is 2.49. The Balaban J connectivity index is 2.21. The van der Waals surface area contributed by atoms with Crippen molar-refractivity contribution in [2.24, 2.45) is 11.7 Å². The number of nitrogens with one attached hydrogen (secondary N) is 2. The van der Waals surface area contributed by atoms with Crippen LogP contribution in [0.2, 0.25) is 0 Å². The molecule has 1 atom stereocenters. The van der Waals surface area contributed by atoms with E-state index in [0.717, 1.165) is 18.4 Å². The molecule has 1 aromatic carbocycles. The van der Waals surface area contributed by atoms with Crippen molar-refractivity contribution in [1.29, 1.82) is 0 Å². The Morgan fingerprint density at radius 2 is 1.90 bits per heavy atom. The molecular weight excluding hydrogens is 254 g/mol. The standard InChI is InChI=1S/C15H23N3O2/c1-12(6-5-9-16)15(20)18-11-14(19)17-10-13-7-3-2-4-8-13/h2-4,7-8,12H,5-6,9-11,16H2,1H3,(H,17,19)(H,18,20). The molecule has 0 bridgehead atoms. The van der Waals surface area contributed by atoms with Gasteiger partial charge in [0.05, 0.1) is 6.54 Å². The average molecular weight is 277 g/mol. The highest BCUT2D eigenvalue weighted by molar-refractivity contribution is 5.85. The van der Waals surface area contributed by atoms with Crippen molar-refractivity contribution < 1.29 is 9.59 Å². The van der Waals surface area contributed by atoms with E-state index in [-0.39, 0.29) is 24.3 Å². The quantitative estimate of drug-likeness (QED) is 0.657. The first-order valence-corrected chi connectivity index (χ1v) is 6.92. The first-order chi connectivity index (χ1) is 9.63. The van der Waals surface area contributed by atoms with Gasteiger partial charge < -0.3 is 16.4 Å². The molecule has 2 amide bonds. The molecule has 0 aliphatic carbocycles. The molecule has 5 nitrogen and oxygen atoms in total. The van der Waals surface area contributed by atoms with Gasteiger partial charge >= 0.3 is 0 Å². The summed E-state index contributed by atoms with van der Waals surface area (Å²) in [5, 5.41) is 5.40. The lowest BCUT2D eigenvalue weighted by molar-refractivity contribution is -0.128. The largest absolute Gasteiger partial charge is 0.350 e. The predicted molar refractivity (Wildman–Crippen MR) is 78.8 cm³/mol. The van der Waals surface area contributed by atoms with Crippen LogP contribution in [0.5, 0.6) is 0 Å². The van der Waals surface area contributed by atoms with Crippen LogP contribution in [0, 0.1) is 5.92 Å². The first-order valence-electron chi connectivity index (χ1n) is 6.92. The first kappa shape index (κ1) is 16.2. The van der Waals surface area contributed by atoms with E-state index in [2.05, 4.69) is 10.6 Å².